The number of amides is 2. The number of carbonyl (C=O) groups excluding carboxylic acids is 2. The minimum absolute atomic E-state index is 0.0535. The quantitative estimate of drug-likeness (QED) is 0.482. The van der Waals surface area contributed by atoms with Crippen molar-refractivity contribution >= 4 is 18.0 Å². The number of alkyl carbamates (subject to hydrolysis) is 1. The van der Waals surface area contributed by atoms with Crippen LogP contribution in [0.3, 0.4) is 0 Å². The molecule has 35 heavy (non-hydrogen) atoms. The molecule has 0 aromatic heterocycles. The van der Waals surface area contributed by atoms with Gasteiger partial charge in [0.05, 0.1) is 5.56 Å². The number of fused-ring (bicyclic) bond motifs is 3. The molecule has 0 aliphatic heterocycles. The number of hydrogen-bond acceptors (Lipinski definition) is 5. The molecular formula is C27H26N2O6. The third kappa shape index (κ3) is 4.96. The summed E-state index contributed by atoms with van der Waals surface area (Å²) in [5.41, 5.74) is 4.82. The zero-order valence-electron chi connectivity index (χ0n) is 19.4. The fourth-order valence-electron chi connectivity index (χ4n) is 4.34. The molecule has 0 bridgehead atoms. The van der Waals surface area contributed by atoms with Gasteiger partial charge in [-0.3, -0.25) is 4.79 Å². The standard InChI is InChI=1S/C27H26N2O6/c1-29(2)25(31)21-13-16(11-12-24(21)30)14-23(26(32)33)28-27(34)35-15-22-19-9-5-3-7-17(19)18-8-4-6-10-20(18)22/h3-13,22-23,30H,14-15H2,1-2H3,(H,28,34)(H,32,33)/t23-/m0/s1. The SMILES string of the molecule is CN(C)C(=O)c1cc(C[C@H](NC(=O)OCC2c3ccccc3-c3ccccc32)C(=O)O)ccc1O. The van der Waals surface area contributed by atoms with Gasteiger partial charge in [0.1, 0.15) is 18.4 Å². The Kier molecular flexibility index (Phi) is 6.73. The number of benzene rings is 3. The summed E-state index contributed by atoms with van der Waals surface area (Å²) in [5, 5.41) is 22.1. The van der Waals surface area contributed by atoms with Gasteiger partial charge in [-0.2, -0.15) is 0 Å². The van der Waals surface area contributed by atoms with Crippen LogP contribution in [0.25, 0.3) is 11.1 Å². The van der Waals surface area contributed by atoms with Gasteiger partial charge in [-0.15, -0.1) is 0 Å². The Hall–Kier alpha value is -4.33. The maximum atomic E-state index is 12.5. The van der Waals surface area contributed by atoms with Gasteiger partial charge >= 0.3 is 12.1 Å². The van der Waals surface area contributed by atoms with Crippen LogP contribution in [0.4, 0.5) is 4.79 Å². The normalized spacial score (nSPS) is 12.9. The first-order valence-corrected chi connectivity index (χ1v) is 11.1. The minimum Gasteiger partial charge on any atom is -0.507 e. The van der Waals surface area contributed by atoms with E-state index in [2.05, 4.69) is 5.32 Å². The van der Waals surface area contributed by atoms with E-state index < -0.39 is 24.0 Å². The highest BCUT2D eigenvalue weighted by Gasteiger charge is 2.30. The van der Waals surface area contributed by atoms with E-state index in [9.17, 15) is 24.6 Å². The van der Waals surface area contributed by atoms with Crippen LogP contribution in [0.15, 0.2) is 66.7 Å². The average molecular weight is 475 g/mol. The van der Waals surface area contributed by atoms with Crippen LogP contribution in [0, 0.1) is 0 Å². The van der Waals surface area contributed by atoms with Crippen LogP contribution in [-0.4, -0.2) is 59.8 Å². The number of carboxylic acid groups (broad SMARTS) is 1. The molecule has 0 spiro atoms. The van der Waals surface area contributed by atoms with Crippen molar-refractivity contribution in [2.45, 2.75) is 18.4 Å². The first-order valence-electron chi connectivity index (χ1n) is 11.1. The lowest BCUT2D eigenvalue weighted by atomic mass is 9.98. The molecule has 2 amide bonds. The highest BCUT2D eigenvalue weighted by molar-refractivity contribution is 5.96. The number of nitrogens with one attached hydrogen (secondary N) is 1. The van der Waals surface area contributed by atoms with Gasteiger partial charge in [-0.1, -0.05) is 54.6 Å². The lowest BCUT2D eigenvalue weighted by molar-refractivity contribution is -0.139. The Bertz CT molecular complexity index is 1240. The molecule has 0 fully saturated rings. The van der Waals surface area contributed by atoms with Crippen molar-refractivity contribution in [2.75, 3.05) is 20.7 Å². The van der Waals surface area contributed by atoms with Crippen molar-refractivity contribution < 1.29 is 29.3 Å². The number of aliphatic carboxylic acids is 1. The Balaban J connectivity index is 1.44. The monoisotopic (exact) mass is 474 g/mol. The maximum absolute atomic E-state index is 12.5. The van der Waals surface area contributed by atoms with Gasteiger partial charge < -0.3 is 25.2 Å². The lowest BCUT2D eigenvalue weighted by Gasteiger charge is -2.18. The molecule has 3 aromatic rings. The van der Waals surface area contributed by atoms with E-state index in [-0.39, 0.29) is 30.3 Å². The topological polar surface area (TPSA) is 116 Å². The molecular weight excluding hydrogens is 448 g/mol. The molecule has 8 nitrogen and oxygen atoms in total. The number of phenolic OH excluding ortho intramolecular Hbond substituents is 1. The summed E-state index contributed by atoms with van der Waals surface area (Å²) in [4.78, 5) is 37.9. The Labute approximate surface area is 202 Å². The summed E-state index contributed by atoms with van der Waals surface area (Å²) in [7, 11) is 3.10. The second-order valence-electron chi connectivity index (χ2n) is 8.62. The summed E-state index contributed by atoms with van der Waals surface area (Å²) >= 11 is 0. The Morgan fingerprint density at radius 3 is 2.14 bits per heavy atom. The number of phenols is 1. The summed E-state index contributed by atoms with van der Waals surface area (Å²) in [6.07, 6.45) is -0.935. The van der Waals surface area contributed by atoms with Gasteiger partial charge in [-0.25, -0.2) is 9.59 Å². The number of carboxylic acids is 1. The molecule has 180 valence electrons. The van der Waals surface area contributed by atoms with E-state index in [0.29, 0.717) is 5.56 Å². The summed E-state index contributed by atoms with van der Waals surface area (Å²) in [6, 6.07) is 18.8. The molecule has 3 aromatic carbocycles. The van der Waals surface area contributed by atoms with Crippen LogP contribution >= 0.6 is 0 Å². The van der Waals surface area contributed by atoms with Crippen molar-refractivity contribution in [2.24, 2.45) is 0 Å². The van der Waals surface area contributed by atoms with Crippen molar-refractivity contribution in [3.05, 3.63) is 89.0 Å². The van der Waals surface area contributed by atoms with E-state index in [4.69, 9.17) is 4.74 Å². The molecule has 1 aliphatic rings. The van der Waals surface area contributed by atoms with Gasteiger partial charge in [-0.05, 0) is 39.9 Å². The molecule has 8 heteroatoms. The summed E-state index contributed by atoms with van der Waals surface area (Å²) in [6.45, 7) is 0.0624. The van der Waals surface area contributed by atoms with Gasteiger partial charge in [0, 0.05) is 26.4 Å². The van der Waals surface area contributed by atoms with Crippen LogP contribution in [-0.2, 0) is 16.0 Å². The molecule has 4 rings (SSSR count). The molecule has 1 aliphatic carbocycles. The lowest BCUT2D eigenvalue weighted by Crippen LogP contribution is -2.43. The first-order chi connectivity index (χ1) is 16.8. The van der Waals surface area contributed by atoms with E-state index in [1.54, 1.807) is 14.1 Å². The number of aromatic hydroxyl groups is 1. The molecule has 3 N–H and O–H groups in total. The first kappa shape index (κ1) is 23.8. The molecule has 0 saturated heterocycles. The largest absolute Gasteiger partial charge is 0.507 e. The second-order valence-corrected chi connectivity index (χ2v) is 8.62. The minimum atomic E-state index is -1.28. The van der Waals surface area contributed by atoms with Gasteiger partial charge in [0.2, 0.25) is 0 Å². The zero-order valence-corrected chi connectivity index (χ0v) is 19.4. The Morgan fingerprint density at radius 1 is 0.971 bits per heavy atom. The van der Waals surface area contributed by atoms with E-state index >= 15 is 0 Å². The summed E-state index contributed by atoms with van der Waals surface area (Å²) in [5.74, 6) is -2.01. The van der Waals surface area contributed by atoms with E-state index in [1.165, 1.54) is 23.1 Å². The van der Waals surface area contributed by atoms with Gasteiger partial charge in [0.25, 0.3) is 5.91 Å². The molecule has 0 saturated carbocycles. The number of nitrogens with zero attached hydrogens (tertiary/aromatic N) is 1. The van der Waals surface area contributed by atoms with Crippen molar-refractivity contribution in [1.29, 1.82) is 0 Å². The van der Waals surface area contributed by atoms with Crippen molar-refractivity contribution in [1.82, 2.24) is 10.2 Å². The summed E-state index contributed by atoms with van der Waals surface area (Å²) < 4.78 is 5.46. The molecule has 0 heterocycles. The number of rotatable bonds is 7. The van der Waals surface area contributed by atoms with Crippen molar-refractivity contribution in [3.8, 4) is 16.9 Å². The molecule has 1 atom stereocenters. The fraction of sp³-hybridized carbons (Fsp3) is 0.222. The Morgan fingerprint density at radius 2 is 1.57 bits per heavy atom. The predicted molar refractivity (Wildman–Crippen MR) is 129 cm³/mol. The third-order valence-corrected chi connectivity index (χ3v) is 6.07. The maximum Gasteiger partial charge on any atom is 0.407 e. The average Bonchev–Trinajstić information content (AvgIpc) is 3.16. The van der Waals surface area contributed by atoms with E-state index in [1.807, 2.05) is 48.5 Å². The fourth-order valence-corrected chi connectivity index (χ4v) is 4.34. The second kappa shape index (κ2) is 9.89. The van der Waals surface area contributed by atoms with Crippen LogP contribution in [0.2, 0.25) is 0 Å². The van der Waals surface area contributed by atoms with Crippen molar-refractivity contribution in [3.63, 3.8) is 0 Å². The van der Waals surface area contributed by atoms with Gasteiger partial charge in [0.15, 0.2) is 0 Å². The van der Waals surface area contributed by atoms with E-state index in [0.717, 1.165) is 22.3 Å². The predicted octanol–water partition coefficient (Wildman–Crippen LogP) is 3.63. The number of ether oxygens (including phenoxy) is 1. The molecule has 0 unspecified atom stereocenters. The highest BCUT2D eigenvalue weighted by atomic mass is 16.5. The van der Waals surface area contributed by atoms with Crippen LogP contribution in [0.5, 0.6) is 5.75 Å². The zero-order chi connectivity index (χ0) is 25.1. The number of hydrogen-bond donors (Lipinski definition) is 3. The number of carbonyl (C=O) groups is 3. The smallest absolute Gasteiger partial charge is 0.407 e. The van der Waals surface area contributed by atoms with Crippen LogP contribution in [0.1, 0.15) is 33.0 Å². The third-order valence-electron chi connectivity index (χ3n) is 6.07. The highest BCUT2D eigenvalue weighted by Crippen LogP contribution is 2.44. The molecule has 0 radical (unpaired) electrons. The van der Waals surface area contributed by atoms with Crippen LogP contribution < -0.4 is 5.32 Å².